The van der Waals surface area contributed by atoms with Crippen molar-refractivity contribution in [3.63, 3.8) is 0 Å². The minimum Gasteiger partial charge on any atom is -0.443 e. The van der Waals surface area contributed by atoms with Crippen LogP contribution in [0, 0.1) is 0 Å². The first-order valence-electron chi connectivity index (χ1n) is 9.91. The lowest BCUT2D eigenvalue weighted by Gasteiger charge is -2.19. The maximum Gasteiger partial charge on any atom is 0.418 e. The largest absolute Gasteiger partial charge is 0.443 e. The van der Waals surface area contributed by atoms with E-state index in [4.69, 9.17) is 10.6 Å². The fourth-order valence-electron chi connectivity index (χ4n) is 3.01. The van der Waals surface area contributed by atoms with Gasteiger partial charge < -0.3 is 4.74 Å². The predicted octanol–water partition coefficient (Wildman–Crippen LogP) is 3.01. The molecule has 1 aromatic heterocycles. The third-order valence-corrected chi connectivity index (χ3v) is 5.82. The molecule has 9 nitrogen and oxygen atoms in total. The number of rotatable bonds is 6. The van der Waals surface area contributed by atoms with Crippen molar-refractivity contribution in [1.29, 1.82) is 0 Å². The van der Waals surface area contributed by atoms with E-state index in [9.17, 15) is 18.0 Å². The molecule has 4 N–H and O–H groups in total. The lowest BCUT2D eigenvalue weighted by atomic mass is 10.1. The number of fused-ring (bicyclic) bond motifs is 1. The monoisotopic (exact) mass is 458 g/mol. The lowest BCUT2D eigenvalue weighted by molar-refractivity contribution is 0.0537. The Kier molecular flexibility index (Phi) is 6.56. The standard InChI is InChI=1S/C22H26N4O5S/c1-22(2,3)31-21(28)26-13-17-8-9-19(12-18(17)14-26)25-32(29,30)11-10-15-4-6-16(7-5-15)20(27)24-23/h4-9,12-14,25H,10-11,23H2,1-3H3,(H,24,27). The second kappa shape index (κ2) is 9.01. The van der Waals surface area contributed by atoms with Crippen LogP contribution in [0.3, 0.4) is 0 Å². The minimum atomic E-state index is -3.61. The number of hydrogen-bond acceptors (Lipinski definition) is 6. The summed E-state index contributed by atoms with van der Waals surface area (Å²) in [6.07, 6.45) is 3.00. The number of carbonyl (C=O) groups excluding carboxylic acids is 2. The van der Waals surface area contributed by atoms with E-state index in [1.165, 1.54) is 4.57 Å². The van der Waals surface area contributed by atoms with Crippen LogP contribution in [0.2, 0.25) is 0 Å². The molecule has 0 atom stereocenters. The van der Waals surface area contributed by atoms with Crippen molar-refractivity contribution in [2.75, 3.05) is 10.5 Å². The van der Waals surface area contributed by atoms with Crippen molar-refractivity contribution < 1.29 is 22.7 Å². The van der Waals surface area contributed by atoms with Gasteiger partial charge in [0.15, 0.2) is 0 Å². The summed E-state index contributed by atoms with van der Waals surface area (Å²) in [6.45, 7) is 5.35. The van der Waals surface area contributed by atoms with Gasteiger partial charge in [0.2, 0.25) is 10.0 Å². The topological polar surface area (TPSA) is 133 Å². The molecule has 170 valence electrons. The van der Waals surface area contributed by atoms with Crippen LogP contribution in [-0.2, 0) is 21.2 Å². The Labute approximate surface area is 186 Å². The first-order valence-corrected chi connectivity index (χ1v) is 11.6. The average molecular weight is 459 g/mol. The Morgan fingerprint density at radius 3 is 2.31 bits per heavy atom. The number of nitrogens with two attached hydrogens (primary N) is 1. The Balaban J connectivity index is 1.66. The zero-order valence-corrected chi connectivity index (χ0v) is 18.9. The summed E-state index contributed by atoms with van der Waals surface area (Å²) in [5.74, 6) is 4.55. The van der Waals surface area contributed by atoms with Crippen LogP contribution in [0.15, 0.2) is 54.9 Å². The summed E-state index contributed by atoms with van der Waals surface area (Å²) < 4.78 is 34.3. The van der Waals surface area contributed by atoms with E-state index in [0.717, 1.165) is 10.9 Å². The number of nitrogens with one attached hydrogen (secondary N) is 2. The summed E-state index contributed by atoms with van der Waals surface area (Å²) in [4.78, 5) is 23.7. The molecule has 1 amide bonds. The Morgan fingerprint density at radius 1 is 1.03 bits per heavy atom. The molecule has 0 aliphatic rings. The van der Waals surface area contributed by atoms with E-state index in [1.54, 1.807) is 75.6 Å². The lowest BCUT2D eigenvalue weighted by Crippen LogP contribution is -2.29. The number of amides is 1. The van der Waals surface area contributed by atoms with Crippen molar-refractivity contribution in [1.82, 2.24) is 9.99 Å². The number of ether oxygens (including phenoxy) is 1. The molecule has 0 spiro atoms. The summed E-state index contributed by atoms with van der Waals surface area (Å²) in [6, 6.07) is 11.6. The maximum atomic E-state index is 12.5. The van der Waals surface area contributed by atoms with Crippen molar-refractivity contribution in [3.8, 4) is 0 Å². The first-order chi connectivity index (χ1) is 15.0. The number of aryl methyl sites for hydroxylation is 1. The van der Waals surface area contributed by atoms with Gasteiger partial charge in [-0.1, -0.05) is 18.2 Å². The molecule has 0 bridgehead atoms. The molecule has 0 unspecified atom stereocenters. The highest BCUT2D eigenvalue weighted by molar-refractivity contribution is 7.92. The molecule has 0 radical (unpaired) electrons. The average Bonchev–Trinajstić information content (AvgIpc) is 3.14. The zero-order chi connectivity index (χ0) is 23.5. The first kappa shape index (κ1) is 23.3. The molecule has 10 heteroatoms. The number of anilines is 1. The van der Waals surface area contributed by atoms with Crippen molar-refractivity contribution in [2.45, 2.75) is 32.8 Å². The van der Waals surface area contributed by atoms with Crippen LogP contribution in [0.4, 0.5) is 10.5 Å². The molecule has 0 aliphatic heterocycles. The number of sulfonamides is 1. The number of nitrogen functional groups attached to an aromatic ring is 1. The second-order valence-corrected chi connectivity index (χ2v) is 10.2. The summed E-state index contributed by atoms with van der Waals surface area (Å²) in [7, 11) is -3.61. The van der Waals surface area contributed by atoms with Crippen LogP contribution < -0.4 is 16.0 Å². The van der Waals surface area contributed by atoms with E-state index >= 15 is 0 Å². The fourth-order valence-corrected chi connectivity index (χ4v) is 4.11. The number of hydrazine groups is 1. The third-order valence-electron chi connectivity index (χ3n) is 4.53. The van der Waals surface area contributed by atoms with Crippen LogP contribution in [0.5, 0.6) is 0 Å². The highest BCUT2D eigenvalue weighted by Crippen LogP contribution is 2.22. The summed E-state index contributed by atoms with van der Waals surface area (Å²) in [5, 5.41) is 1.48. The smallest absolute Gasteiger partial charge is 0.418 e. The number of aromatic nitrogens is 1. The third kappa shape index (κ3) is 6.08. The van der Waals surface area contributed by atoms with E-state index in [1.807, 2.05) is 5.43 Å². The highest BCUT2D eigenvalue weighted by Gasteiger charge is 2.18. The van der Waals surface area contributed by atoms with Gasteiger partial charge in [-0.3, -0.25) is 19.5 Å². The molecule has 0 fully saturated rings. The number of hydrogen-bond donors (Lipinski definition) is 3. The molecule has 1 heterocycles. The molecule has 2 aromatic carbocycles. The van der Waals surface area contributed by atoms with Crippen LogP contribution >= 0.6 is 0 Å². The normalized spacial score (nSPS) is 11.9. The molecular weight excluding hydrogens is 432 g/mol. The van der Waals surface area contributed by atoms with Gasteiger partial charge in [0.1, 0.15) is 5.60 Å². The van der Waals surface area contributed by atoms with Crippen molar-refractivity contribution >= 4 is 38.5 Å². The molecule has 0 aliphatic carbocycles. The fraction of sp³-hybridized carbons (Fsp3) is 0.273. The van der Waals surface area contributed by atoms with Gasteiger partial charge in [-0.2, -0.15) is 0 Å². The number of nitrogens with zero attached hydrogens (tertiary/aromatic N) is 1. The van der Waals surface area contributed by atoms with E-state index < -0.39 is 27.6 Å². The van der Waals surface area contributed by atoms with Gasteiger partial charge >= 0.3 is 6.09 Å². The van der Waals surface area contributed by atoms with Gasteiger partial charge in [0, 0.05) is 34.4 Å². The second-order valence-electron chi connectivity index (χ2n) is 8.33. The van der Waals surface area contributed by atoms with Crippen molar-refractivity contribution in [3.05, 3.63) is 66.0 Å². The Bertz CT molecular complexity index is 1240. The summed E-state index contributed by atoms with van der Waals surface area (Å²) in [5.41, 5.74) is 2.98. The Hall–Kier alpha value is -3.37. The van der Waals surface area contributed by atoms with Crippen molar-refractivity contribution in [2.24, 2.45) is 5.84 Å². The number of carbonyl (C=O) groups is 2. The van der Waals surface area contributed by atoms with Crippen LogP contribution in [-0.4, -0.2) is 36.3 Å². The number of benzene rings is 2. The SMILES string of the molecule is CC(C)(C)OC(=O)n1cc2ccc(NS(=O)(=O)CCc3ccc(C(=O)NN)cc3)cc2c1. The quantitative estimate of drug-likeness (QED) is 0.295. The molecule has 3 rings (SSSR count). The maximum absolute atomic E-state index is 12.5. The van der Waals surface area contributed by atoms with Gasteiger partial charge in [0.05, 0.1) is 5.75 Å². The van der Waals surface area contributed by atoms with Crippen LogP contribution in [0.25, 0.3) is 10.8 Å². The molecule has 32 heavy (non-hydrogen) atoms. The van der Waals surface area contributed by atoms with Gasteiger partial charge in [-0.05, 0) is 57.0 Å². The molecule has 0 saturated heterocycles. The van der Waals surface area contributed by atoms with Gasteiger partial charge in [-0.25, -0.2) is 19.1 Å². The molecule has 0 saturated carbocycles. The highest BCUT2D eigenvalue weighted by atomic mass is 32.2. The molecular formula is C22H26N4O5S. The zero-order valence-electron chi connectivity index (χ0n) is 18.1. The molecule has 3 aromatic rings. The van der Waals surface area contributed by atoms with Gasteiger partial charge in [0.25, 0.3) is 5.91 Å². The Morgan fingerprint density at radius 2 is 1.69 bits per heavy atom. The van der Waals surface area contributed by atoms with E-state index in [2.05, 4.69) is 4.72 Å². The van der Waals surface area contributed by atoms with Gasteiger partial charge in [-0.15, -0.1) is 0 Å². The van der Waals surface area contributed by atoms with E-state index in [-0.39, 0.29) is 12.2 Å². The van der Waals surface area contributed by atoms with E-state index in [0.29, 0.717) is 16.6 Å². The van der Waals surface area contributed by atoms with Crippen LogP contribution in [0.1, 0.15) is 36.7 Å². The predicted molar refractivity (Wildman–Crippen MR) is 123 cm³/mol. The summed E-state index contributed by atoms with van der Waals surface area (Å²) >= 11 is 0. The minimum absolute atomic E-state index is 0.133.